The number of nitrogens with two attached hydrogens (primary N) is 1. The molecule has 4 N–H and O–H groups in total. The van der Waals surface area contributed by atoms with Gasteiger partial charge in [-0.25, -0.2) is 8.42 Å². The van der Waals surface area contributed by atoms with Crippen LogP contribution in [0.15, 0.2) is 0 Å². The Hall–Kier alpha value is -1.66. The van der Waals surface area contributed by atoms with Gasteiger partial charge in [-0.15, -0.1) is 0 Å². The van der Waals surface area contributed by atoms with Crippen LogP contribution in [0.3, 0.4) is 0 Å². The van der Waals surface area contributed by atoms with Gasteiger partial charge in [0.05, 0.1) is 6.07 Å². The van der Waals surface area contributed by atoms with Crippen LogP contribution in [0.2, 0.25) is 0 Å². The third kappa shape index (κ3) is 5.11. The van der Waals surface area contributed by atoms with E-state index in [9.17, 15) is 18.0 Å². The molecule has 0 rings (SSSR count). The SMILES string of the molecule is CCC(C#N)S(=O)(=O)NC(CCC(N)=O)C(=O)O. The summed E-state index contributed by atoms with van der Waals surface area (Å²) in [5, 5.41) is 16.1. The van der Waals surface area contributed by atoms with Crippen LogP contribution in [0.25, 0.3) is 0 Å². The summed E-state index contributed by atoms with van der Waals surface area (Å²) in [6.07, 6.45) is -0.484. The lowest BCUT2D eigenvalue weighted by Gasteiger charge is -2.16. The van der Waals surface area contributed by atoms with Crippen LogP contribution in [0.4, 0.5) is 0 Å². The molecule has 2 unspecified atom stereocenters. The number of carboxylic acids is 1. The second kappa shape index (κ2) is 6.93. The van der Waals surface area contributed by atoms with Gasteiger partial charge in [0.2, 0.25) is 15.9 Å². The van der Waals surface area contributed by atoms with Gasteiger partial charge in [-0.05, 0) is 12.8 Å². The van der Waals surface area contributed by atoms with E-state index < -0.39 is 33.2 Å². The lowest BCUT2D eigenvalue weighted by molar-refractivity contribution is -0.139. The Morgan fingerprint density at radius 3 is 2.39 bits per heavy atom. The Labute approximate surface area is 105 Å². The molecule has 0 spiro atoms. The zero-order chi connectivity index (χ0) is 14.3. The molecule has 9 heteroatoms. The molecular formula is C9H15N3O5S. The normalized spacial score (nSPS) is 14.4. The molecular weight excluding hydrogens is 262 g/mol. The molecule has 0 saturated carbocycles. The molecule has 18 heavy (non-hydrogen) atoms. The van der Waals surface area contributed by atoms with Crippen LogP contribution in [0.1, 0.15) is 26.2 Å². The smallest absolute Gasteiger partial charge is 0.321 e. The van der Waals surface area contributed by atoms with Crippen molar-refractivity contribution in [1.29, 1.82) is 5.26 Å². The van der Waals surface area contributed by atoms with Gasteiger partial charge in [0.15, 0.2) is 5.25 Å². The van der Waals surface area contributed by atoms with Gasteiger partial charge in [-0.2, -0.15) is 9.98 Å². The molecule has 0 fully saturated rings. The zero-order valence-electron chi connectivity index (χ0n) is 9.79. The van der Waals surface area contributed by atoms with E-state index in [2.05, 4.69) is 0 Å². The highest BCUT2D eigenvalue weighted by Crippen LogP contribution is 2.07. The van der Waals surface area contributed by atoms with Gasteiger partial charge in [0.1, 0.15) is 6.04 Å². The van der Waals surface area contributed by atoms with Crippen molar-refractivity contribution in [2.45, 2.75) is 37.5 Å². The van der Waals surface area contributed by atoms with Gasteiger partial charge >= 0.3 is 5.97 Å². The minimum Gasteiger partial charge on any atom is -0.480 e. The largest absolute Gasteiger partial charge is 0.480 e. The molecule has 1 amide bonds. The molecule has 0 aromatic heterocycles. The fraction of sp³-hybridized carbons (Fsp3) is 0.667. The highest BCUT2D eigenvalue weighted by Gasteiger charge is 2.30. The molecule has 2 atom stereocenters. The third-order valence-corrected chi connectivity index (χ3v) is 3.97. The quantitative estimate of drug-likeness (QED) is 0.513. The first-order chi connectivity index (χ1) is 8.24. The average molecular weight is 277 g/mol. The van der Waals surface area contributed by atoms with E-state index in [0.29, 0.717) is 0 Å². The maximum atomic E-state index is 11.6. The second-order valence-electron chi connectivity index (χ2n) is 3.58. The van der Waals surface area contributed by atoms with Crippen LogP contribution < -0.4 is 10.5 Å². The first-order valence-electron chi connectivity index (χ1n) is 5.16. The monoisotopic (exact) mass is 277 g/mol. The van der Waals surface area contributed by atoms with Crippen LogP contribution in [-0.4, -0.2) is 36.7 Å². The number of hydrogen-bond donors (Lipinski definition) is 3. The van der Waals surface area contributed by atoms with Crippen LogP contribution in [0, 0.1) is 11.3 Å². The van der Waals surface area contributed by atoms with Crippen molar-refractivity contribution in [3.05, 3.63) is 0 Å². The average Bonchev–Trinajstić information content (AvgIpc) is 2.24. The number of rotatable bonds is 8. The lowest BCUT2D eigenvalue weighted by Crippen LogP contribution is -2.45. The highest BCUT2D eigenvalue weighted by atomic mass is 32.2. The predicted molar refractivity (Wildman–Crippen MR) is 61.6 cm³/mol. The van der Waals surface area contributed by atoms with Crippen molar-refractivity contribution >= 4 is 21.9 Å². The Morgan fingerprint density at radius 2 is 2.06 bits per heavy atom. The number of carbonyl (C=O) groups is 2. The van der Waals surface area contributed by atoms with Gasteiger partial charge < -0.3 is 10.8 Å². The Kier molecular flexibility index (Phi) is 6.29. The summed E-state index contributed by atoms with van der Waals surface area (Å²) >= 11 is 0. The number of aliphatic carboxylic acids is 1. The Bertz CT molecular complexity index is 453. The summed E-state index contributed by atoms with van der Waals surface area (Å²) in [5.41, 5.74) is 4.86. The third-order valence-electron chi connectivity index (χ3n) is 2.17. The Balaban J connectivity index is 4.84. The van der Waals surface area contributed by atoms with E-state index in [4.69, 9.17) is 16.1 Å². The number of amides is 1. The molecule has 0 bridgehead atoms. The summed E-state index contributed by atoms with van der Waals surface area (Å²) in [6.45, 7) is 1.49. The van der Waals surface area contributed by atoms with Gasteiger partial charge in [-0.3, -0.25) is 9.59 Å². The standard InChI is InChI=1S/C9H15N3O5S/c1-2-6(5-10)18(16,17)12-7(9(14)15)3-4-8(11)13/h6-7,12H,2-4H2,1H3,(H2,11,13)(H,14,15). The molecule has 0 aromatic rings. The van der Waals surface area contributed by atoms with E-state index in [1.165, 1.54) is 6.92 Å². The number of nitrogens with one attached hydrogen (secondary N) is 1. The van der Waals surface area contributed by atoms with E-state index in [1.54, 1.807) is 6.07 Å². The number of sulfonamides is 1. The number of primary amides is 1. The number of hydrogen-bond acceptors (Lipinski definition) is 5. The number of carboxylic acid groups (broad SMARTS) is 1. The zero-order valence-corrected chi connectivity index (χ0v) is 10.6. The molecule has 0 aliphatic carbocycles. The minimum absolute atomic E-state index is 0.0357. The van der Waals surface area contributed by atoms with Crippen molar-refractivity contribution < 1.29 is 23.1 Å². The molecule has 0 aliphatic heterocycles. The molecule has 8 nitrogen and oxygen atoms in total. The van der Waals surface area contributed by atoms with Crippen molar-refractivity contribution in [2.24, 2.45) is 5.73 Å². The summed E-state index contributed by atoms with van der Waals surface area (Å²) in [5.74, 6) is -2.15. The van der Waals surface area contributed by atoms with E-state index in [-0.39, 0.29) is 19.3 Å². The minimum atomic E-state index is -4.06. The fourth-order valence-electron chi connectivity index (χ4n) is 1.18. The van der Waals surface area contributed by atoms with Gasteiger partial charge in [-0.1, -0.05) is 6.92 Å². The highest BCUT2D eigenvalue weighted by molar-refractivity contribution is 7.90. The molecule has 0 aromatic carbocycles. The van der Waals surface area contributed by atoms with Crippen molar-refractivity contribution in [1.82, 2.24) is 4.72 Å². The second-order valence-corrected chi connectivity index (χ2v) is 5.48. The first-order valence-corrected chi connectivity index (χ1v) is 6.71. The lowest BCUT2D eigenvalue weighted by atomic mass is 10.2. The van der Waals surface area contributed by atoms with E-state index in [1.807, 2.05) is 4.72 Å². The number of nitrogens with zero attached hydrogens (tertiary/aromatic N) is 1. The van der Waals surface area contributed by atoms with E-state index in [0.717, 1.165) is 0 Å². The molecule has 0 aliphatic rings. The summed E-state index contributed by atoms with van der Waals surface area (Å²) in [7, 11) is -4.06. The summed E-state index contributed by atoms with van der Waals surface area (Å²) < 4.78 is 25.2. The fourth-order valence-corrected chi connectivity index (χ4v) is 2.54. The summed E-state index contributed by atoms with van der Waals surface area (Å²) in [6, 6.07) is 0.0985. The first kappa shape index (κ1) is 16.3. The predicted octanol–water partition coefficient (Wildman–Crippen LogP) is -1.07. The van der Waals surface area contributed by atoms with Crippen LogP contribution in [0.5, 0.6) is 0 Å². The Morgan fingerprint density at radius 1 is 1.50 bits per heavy atom. The molecule has 0 saturated heterocycles. The number of nitriles is 1. The topological polar surface area (TPSA) is 150 Å². The number of carbonyl (C=O) groups excluding carboxylic acids is 1. The van der Waals surface area contributed by atoms with Crippen LogP contribution in [-0.2, 0) is 19.6 Å². The molecule has 0 radical (unpaired) electrons. The maximum absolute atomic E-state index is 11.6. The summed E-state index contributed by atoms with van der Waals surface area (Å²) in [4.78, 5) is 21.4. The van der Waals surface area contributed by atoms with Crippen molar-refractivity contribution in [3.8, 4) is 6.07 Å². The molecule has 102 valence electrons. The van der Waals surface area contributed by atoms with Crippen molar-refractivity contribution in [2.75, 3.05) is 0 Å². The maximum Gasteiger partial charge on any atom is 0.321 e. The van der Waals surface area contributed by atoms with Crippen molar-refractivity contribution in [3.63, 3.8) is 0 Å². The van der Waals surface area contributed by atoms with E-state index >= 15 is 0 Å². The molecule has 0 heterocycles. The van der Waals surface area contributed by atoms with Crippen LogP contribution >= 0.6 is 0 Å². The van der Waals surface area contributed by atoms with Gasteiger partial charge in [0, 0.05) is 6.42 Å². The van der Waals surface area contributed by atoms with Gasteiger partial charge in [0.25, 0.3) is 0 Å².